The van der Waals surface area contributed by atoms with Crippen molar-refractivity contribution < 1.29 is 18.5 Å². The molecule has 4 rings (SSSR count). The molecule has 2 aromatic heterocycles. The van der Waals surface area contributed by atoms with E-state index in [0.717, 1.165) is 0 Å². The minimum absolute atomic E-state index is 0.0989. The van der Waals surface area contributed by atoms with E-state index in [4.69, 9.17) is 13.6 Å². The number of non-ortho nitro benzene ring substituents is 1. The predicted molar refractivity (Wildman–Crippen MR) is 93.5 cm³/mol. The number of hydrogen-bond acceptors (Lipinski definition) is 7. The Morgan fingerprint density at radius 2 is 1.37 bits per heavy atom. The fourth-order valence-electron chi connectivity index (χ4n) is 3.26. The molecule has 136 valence electrons. The Balaban J connectivity index is 2.02. The van der Waals surface area contributed by atoms with E-state index in [9.17, 15) is 19.7 Å². The van der Waals surface area contributed by atoms with Crippen molar-refractivity contribution in [2.24, 2.45) is 0 Å². The molecule has 0 radical (unpaired) electrons. The third-order valence-electron chi connectivity index (χ3n) is 4.38. The van der Waals surface area contributed by atoms with Gasteiger partial charge in [0.15, 0.2) is 0 Å². The molecule has 0 bridgehead atoms. The Kier molecular flexibility index (Phi) is 3.69. The van der Waals surface area contributed by atoms with Crippen molar-refractivity contribution in [2.45, 2.75) is 19.8 Å². The summed E-state index contributed by atoms with van der Waals surface area (Å²) < 4.78 is 16.2. The van der Waals surface area contributed by atoms with Crippen LogP contribution < -0.4 is 16.0 Å². The normalized spacial score (nSPS) is 12.8. The van der Waals surface area contributed by atoms with Gasteiger partial charge in [-0.25, -0.2) is 9.59 Å². The molecule has 1 aliphatic heterocycles. The average Bonchev–Trinajstić information content (AvgIpc) is 2.59. The highest BCUT2D eigenvalue weighted by Crippen LogP contribution is 2.45. The molecular weight excluding hydrogens is 354 g/mol. The van der Waals surface area contributed by atoms with Crippen LogP contribution in [0, 0.1) is 24.0 Å². The molecule has 0 atom stereocenters. The number of ether oxygens (including phenoxy) is 1. The quantitative estimate of drug-likeness (QED) is 0.394. The lowest BCUT2D eigenvalue weighted by Gasteiger charge is -2.26. The Morgan fingerprint density at radius 3 is 1.81 bits per heavy atom. The standard InChI is InChI=1S/C19H13NO7/c1-9-7-13-16(18(21)25-9)15(11-3-5-12(6-4-11)20(23)24)17-14(27-13)8-10(2)26-19(17)22/h3-8,15H,1-2H3. The van der Waals surface area contributed by atoms with E-state index in [0.29, 0.717) is 17.1 Å². The SMILES string of the molecule is Cc1cc2c(c(=O)o1)C(c1ccc([N+](=O)[O-])cc1)c1c(cc(C)oc1=O)O2. The van der Waals surface area contributed by atoms with Gasteiger partial charge in [-0.15, -0.1) is 0 Å². The van der Waals surface area contributed by atoms with Crippen molar-refractivity contribution >= 4 is 5.69 Å². The van der Waals surface area contributed by atoms with Gasteiger partial charge in [-0.05, 0) is 19.4 Å². The molecule has 3 heterocycles. The van der Waals surface area contributed by atoms with Crippen LogP contribution in [0.4, 0.5) is 5.69 Å². The van der Waals surface area contributed by atoms with Gasteiger partial charge in [0, 0.05) is 24.3 Å². The van der Waals surface area contributed by atoms with Gasteiger partial charge in [0.25, 0.3) is 5.69 Å². The second-order valence-corrected chi connectivity index (χ2v) is 6.23. The molecule has 0 spiro atoms. The van der Waals surface area contributed by atoms with E-state index >= 15 is 0 Å². The van der Waals surface area contributed by atoms with Crippen LogP contribution in [0.15, 0.2) is 54.8 Å². The maximum atomic E-state index is 12.5. The lowest BCUT2D eigenvalue weighted by Crippen LogP contribution is -2.26. The van der Waals surface area contributed by atoms with Crippen LogP contribution in [0.5, 0.6) is 11.5 Å². The molecule has 8 heteroatoms. The Hall–Kier alpha value is -3.68. The van der Waals surface area contributed by atoms with Gasteiger partial charge in [-0.3, -0.25) is 10.1 Å². The molecule has 1 aliphatic rings. The molecule has 27 heavy (non-hydrogen) atoms. The van der Waals surface area contributed by atoms with Gasteiger partial charge in [0.2, 0.25) is 0 Å². The highest BCUT2D eigenvalue weighted by atomic mass is 16.6. The van der Waals surface area contributed by atoms with Crippen LogP contribution in [0.25, 0.3) is 0 Å². The highest BCUT2D eigenvalue weighted by Gasteiger charge is 2.36. The lowest BCUT2D eigenvalue weighted by atomic mass is 9.84. The predicted octanol–water partition coefficient (Wildman–Crippen LogP) is 3.40. The second-order valence-electron chi connectivity index (χ2n) is 6.23. The molecule has 0 fully saturated rings. The summed E-state index contributed by atoms with van der Waals surface area (Å²) in [5.74, 6) is 0.473. The first-order valence-electron chi connectivity index (χ1n) is 8.06. The van der Waals surface area contributed by atoms with Crippen molar-refractivity contribution in [1.82, 2.24) is 0 Å². The Labute approximate surface area is 151 Å². The number of fused-ring (bicyclic) bond motifs is 2. The van der Waals surface area contributed by atoms with Crippen molar-refractivity contribution in [3.63, 3.8) is 0 Å². The number of rotatable bonds is 2. The van der Waals surface area contributed by atoms with Gasteiger partial charge in [0.1, 0.15) is 23.0 Å². The Bertz CT molecular complexity index is 1120. The van der Waals surface area contributed by atoms with Gasteiger partial charge in [0.05, 0.1) is 22.0 Å². The van der Waals surface area contributed by atoms with Crippen LogP contribution >= 0.6 is 0 Å². The molecule has 0 saturated carbocycles. The van der Waals surface area contributed by atoms with Crippen LogP contribution in [0.2, 0.25) is 0 Å². The monoisotopic (exact) mass is 367 g/mol. The molecule has 3 aromatic rings. The van der Waals surface area contributed by atoms with Gasteiger partial charge < -0.3 is 13.6 Å². The molecule has 0 saturated heterocycles. The van der Waals surface area contributed by atoms with Crippen molar-refractivity contribution in [2.75, 3.05) is 0 Å². The summed E-state index contributed by atoms with van der Waals surface area (Å²) in [5, 5.41) is 10.9. The van der Waals surface area contributed by atoms with E-state index in [1.54, 1.807) is 26.0 Å². The third-order valence-corrected chi connectivity index (χ3v) is 4.38. The summed E-state index contributed by atoms with van der Waals surface area (Å²) in [6, 6.07) is 8.77. The first-order valence-corrected chi connectivity index (χ1v) is 8.06. The molecule has 0 amide bonds. The van der Waals surface area contributed by atoms with E-state index in [1.807, 2.05) is 0 Å². The van der Waals surface area contributed by atoms with E-state index in [-0.39, 0.29) is 28.3 Å². The van der Waals surface area contributed by atoms with E-state index in [2.05, 4.69) is 0 Å². The summed E-state index contributed by atoms with van der Waals surface area (Å²) in [7, 11) is 0. The number of aryl methyl sites for hydroxylation is 2. The number of nitrogens with zero attached hydrogens (tertiary/aromatic N) is 1. The van der Waals surface area contributed by atoms with Gasteiger partial charge >= 0.3 is 11.3 Å². The van der Waals surface area contributed by atoms with Crippen LogP contribution in [0.3, 0.4) is 0 Å². The molecule has 0 N–H and O–H groups in total. The van der Waals surface area contributed by atoms with Crippen molar-refractivity contribution in [1.29, 1.82) is 0 Å². The maximum absolute atomic E-state index is 12.5. The lowest BCUT2D eigenvalue weighted by molar-refractivity contribution is -0.384. The fourth-order valence-corrected chi connectivity index (χ4v) is 3.26. The number of nitro benzene ring substituents is 1. The Morgan fingerprint density at radius 1 is 0.889 bits per heavy atom. The van der Waals surface area contributed by atoms with E-state index in [1.165, 1.54) is 24.3 Å². The maximum Gasteiger partial charge on any atom is 0.343 e. The number of nitro groups is 1. The largest absolute Gasteiger partial charge is 0.456 e. The molecule has 1 aromatic carbocycles. The van der Waals surface area contributed by atoms with Gasteiger partial charge in [-0.1, -0.05) is 12.1 Å². The summed E-state index contributed by atoms with van der Waals surface area (Å²) in [4.78, 5) is 35.5. The minimum atomic E-state index is -0.821. The average molecular weight is 367 g/mol. The van der Waals surface area contributed by atoms with Gasteiger partial charge in [-0.2, -0.15) is 0 Å². The van der Waals surface area contributed by atoms with Crippen molar-refractivity contribution in [3.8, 4) is 11.5 Å². The summed E-state index contributed by atoms with van der Waals surface area (Å²) in [6.45, 7) is 3.23. The molecule has 8 nitrogen and oxygen atoms in total. The highest BCUT2D eigenvalue weighted by molar-refractivity contribution is 5.57. The summed E-state index contributed by atoms with van der Waals surface area (Å²) in [6.07, 6.45) is 0. The number of hydrogen-bond donors (Lipinski definition) is 0. The molecule has 0 unspecified atom stereocenters. The van der Waals surface area contributed by atoms with Crippen LogP contribution in [0.1, 0.15) is 34.1 Å². The molecular formula is C19H13NO7. The zero-order valence-corrected chi connectivity index (χ0v) is 14.3. The number of benzene rings is 1. The first kappa shape index (κ1) is 16.8. The summed E-state index contributed by atoms with van der Waals surface area (Å²) >= 11 is 0. The first-order chi connectivity index (χ1) is 12.8. The molecule has 0 aliphatic carbocycles. The third kappa shape index (κ3) is 2.71. The van der Waals surface area contributed by atoms with Crippen LogP contribution in [-0.4, -0.2) is 4.92 Å². The smallest absolute Gasteiger partial charge is 0.343 e. The zero-order chi connectivity index (χ0) is 19.3. The topological polar surface area (TPSA) is 113 Å². The zero-order valence-electron chi connectivity index (χ0n) is 14.3. The second kappa shape index (κ2) is 5.94. The van der Waals surface area contributed by atoms with E-state index < -0.39 is 22.1 Å². The van der Waals surface area contributed by atoms with Crippen molar-refractivity contribution in [3.05, 3.63) is 95.6 Å². The van der Waals surface area contributed by atoms with Crippen LogP contribution in [-0.2, 0) is 0 Å². The minimum Gasteiger partial charge on any atom is -0.456 e. The fraction of sp³-hybridized carbons (Fsp3) is 0.158. The summed E-state index contributed by atoms with van der Waals surface area (Å²) in [5.41, 5.74) is -0.564.